The second-order valence-electron chi connectivity index (χ2n) is 4.63. The summed E-state index contributed by atoms with van der Waals surface area (Å²) in [5.41, 5.74) is 0. The number of nitro groups is 1. The molecule has 110 valence electrons. The summed E-state index contributed by atoms with van der Waals surface area (Å²) >= 11 is 1.39. The van der Waals surface area contributed by atoms with Crippen LogP contribution in [0.3, 0.4) is 0 Å². The number of aromatic nitrogens is 2. The van der Waals surface area contributed by atoms with Crippen LogP contribution in [0.2, 0.25) is 0 Å². The Kier molecular flexibility index (Phi) is 4.56. The molecule has 0 aliphatic heterocycles. The maximum Gasteiger partial charge on any atom is 0.372 e. The molecule has 0 amide bonds. The monoisotopic (exact) mass is 297 g/mol. The smallest absolute Gasteiger partial charge is 0.359 e. The zero-order valence-corrected chi connectivity index (χ0v) is 12.7. The van der Waals surface area contributed by atoms with Gasteiger partial charge in [0.25, 0.3) is 4.96 Å². The highest BCUT2D eigenvalue weighted by atomic mass is 32.1. The molecule has 2 aromatic heterocycles. The van der Waals surface area contributed by atoms with E-state index >= 15 is 0 Å². The second kappa shape index (κ2) is 6.19. The van der Waals surface area contributed by atoms with E-state index in [4.69, 9.17) is 0 Å². The van der Waals surface area contributed by atoms with Crippen molar-refractivity contribution in [3.8, 4) is 0 Å². The first-order chi connectivity index (χ1) is 9.56. The van der Waals surface area contributed by atoms with Crippen molar-refractivity contribution < 1.29 is 4.92 Å². The van der Waals surface area contributed by atoms with Crippen LogP contribution in [0.5, 0.6) is 0 Å². The van der Waals surface area contributed by atoms with Crippen LogP contribution in [-0.2, 0) is 0 Å². The van der Waals surface area contributed by atoms with E-state index in [9.17, 15) is 10.1 Å². The van der Waals surface area contributed by atoms with Gasteiger partial charge in [-0.25, -0.2) is 0 Å². The number of rotatable bonds is 7. The van der Waals surface area contributed by atoms with Gasteiger partial charge in [-0.15, -0.1) is 0 Å². The summed E-state index contributed by atoms with van der Waals surface area (Å²) in [6.07, 6.45) is 1.67. The van der Waals surface area contributed by atoms with Crippen molar-refractivity contribution in [1.82, 2.24) is 14.3 Å². The van der Waals surface area contributed by atoms with E-state index < -0.39 is 0 Å². The van der Waals surface area contributed by atoms with Crippen LogP contribution in [-0.4, -0.2) is 44.9 Å². The summed E-state index contributed by atoms with van der Waals surface area (Å²) in [5.74, 6) is 0.356. The van der Waals surface area contributed by atoms with E-state index in [1.165, 1.54) is 15.7 Å². The number of fused-ring (bicyclic) bond motifs is 1. The van der Waals surface area contributed by atoms with Gasteiger partial charge in [-0.3, -0.25) is 0 Å². The predicted octanol–water partition coefficient (Wildman–Crippen LogP) is 2.45. The number of thiazole rings is 1. The zero-order valence-electron chi connectivity index (χ0n) is 11.9. The van der Waals surface area contributed by atoms with Gasteiger partial charge in [-0.2, -0.15) is 9.38 Å². The first-order valence-corrected chi connectivity index (χ1v) is 7.53. The molecule has 0 aromatic carbocycles. The normalized spacial score (nSPS) is 13.0. The summed E-state index contributed by atoms with van der Waals surface area (Å²) in [7, 11) is 0. The summed E-state index contributed by atoms with van der Waals surface area (Å²) in [6, 6.07) is 0.0956. The quantitative estimate of drug-likeness (QED) is 0.627. The van der Waals surface area contributed by atoms with Gasteiger partial charge >= 0.3 is 5.82 Å². The summed E-state index contributed by atoms with van der Waals surface area (Å²) in [6.45, 7) is 8.97. The first-order valence-electron chi connectivity index (χ1n) is 6.65. The van der Waals surface area contributed by atoms with Gasteiger partial charge in [-0.05, 0) is 24.9 Å². The molecule has 20 heavy (non-hydrogen) atoms. The van der Waals surface area contributed by atoms with Crippen molar-refractivity contribution in [2.45, 2.75) is 26.8 Å². The molecular weight excluding hydrogens is 278 g/mol. The highest BCUT2D eigenvalue weighted by molar-refractivity contribution is 7.15. The minimum absolute atomic E-state index is 0.00708. The lowest BCUT2D eigenvalue weighted by molar-refractivity contribution is -0.389. The maximum atomic E-state index is 11.2. The number of nitrogens with zero attached hydrogens (tertiary/aromatic N) is 4. The van der Waals surface area contributed by atoms with Crippen molar-refractivity contribution >= 4 is 27.9 Å². The SMILES string of the molecule is CCN(CC)CC(C)Nc1nc2sccn2c1[N+](=O)[O-]. The van der Waals surface area contributed by atoms with Gasteiger partial charge in [0.1, 0.15) is 6.20 Å². The van der Waals surface area contributed by atoms with Crippen LogP contribution in [0.25, 0.3) is 4.96 Å². The highest BCUT2D eigenvalue weighted by Gasteiger charge is 2.24. The number of anilines is 1. The fourth-order valence-corrected chi connectivity index (χ4v) is 2.90. The summed E-state index contributed by atoms with van der Waals surface area (Å²) in [5, 5.41) is 16.2. The van der Waals surface area contributed by atoms with Crippen LogP contribution in [0.1, 0.15) is 20.8 Å². The molecule has 0 spiro atoms. The number of imidazole rings is 1. The molecule has 1 unspecified atom stereocenters. The van der Waals surface area contributed by atoms with Gasteiger partial charge in [0.05, 0.1) is 0 Å². The molecule has 2 rings (SSSR count). The van der Waals surface area contributed by atoms with E-state index in [0.717, 1.165) is 19.6 Å². The molecule has 0 aliphatic carbocycles. The van der Waals surface area contributed by atoms with E-state index in [-0.39, 0.29) is 16.8 Å². The molecule has 0 radical (unpaired) electrons. The molecule has 0 saturated carbocycles. The van der Waals surface area contributed by atoms with Crippen molar-refractivity contribution in [2.24, 2.45) is 0 Å². The second-order valence-corrected chi connectivity index (χ2v) is 5.50. The third kappa shape index (κ3) is 2.91. The van der Waals surface area contributed by atoms with E-state index in [1.54, 1.807) is 11.6 Å². The van der Waals surface area contributed by atoms with Crippen LogP contribution >= 0.6 is 11.3 Å². The number of hydrogen-bond acceptors (Lipinski definition) is 6. The molecule has 1 N–H and O–H groups in total. The molecule has 0 bridgehead atoms. The van der Waals surface area contributed by atoms with Crippen molar-refractivity contribution in [2.75, 3.05) is 25.0 Å². The Morgan fingerprint density at radius 1 is 1.55 bits per heavy atom. The Morgan fingerprint density at radius 3 is 2.85 bits per heavy atom. The Hall–Kier alpha value is -1.67. The summed E-state index contributed by atoms with van der Waals surface area (Å²) < 4.78 is 1.51. The van der Waals surface area contributed by atoms with Gasteiger partial charge < -0.3 is 20.3 Å². The molecule has 0 saturated heterocycles. The van der Waals surface area contributed by atoms with Crippen molar-refractivity contribution in [3.05, 3.63) is 21.7 Å². The molecular formula is C12H19N5O2S. The number of likely N-dealkylation sites (N-methyl/N-ethyl adjacent to an activating group) is 1. The fourth-order valence-electron chi connectivity index (χ4n) is 2.19. The predicted molar refractivity (Wildman–Crippen MR) is 80.6 cm³/mol. The van der Waals surface area contributed by atoms with Gasteiger partial charge in [0.2, 0.25) is 5.82 Å². The van der Waals surface area contributed by atoms with Crippen LogP contribution < -0.4 is 5.32 Å². The minimum Gasteiger partial charge on any atom is -0.359 e. The molecule has 8 heteroatoms. The van der Waals surface area contributed by atoms with E-state index in [0.29, 0.717) is 10.8 Å². The largest absolute Gasteiger partial charge is 0.372 e. The topological polar surface area (TPSA) is 75.7 Å². The number of nitrogens with one attached hydrogen (secondary N) is 1. The number of hydrogen-bond donors (Lipinski definition) is 1. The van der Waals surface area contributed by atoms with Gasteiger partial charge in [0.15, 0.2) is 0 Å². The first kappa shape index (κ1) is 14.7. The Labute approximate surface area is 121 Å². The minimum atomic E-state index is -0.390. The van der Waals surface area contributed by atoms with Crippen LogP contribution in [0, 0.1) is 10.1 Å². The third-order valence-corrected chi connectivity index (χ3v) is 3.98. The van der Waals surface area contributed by atoms with Gasteiger partial charge in [-0.1, -0.05) is 25.2 Å². The van der Waals surface area contributed by atoms with E-state index in [2.05, 4.69) is 29.0 Å². The Bertz CT molecular complexity index is 590. The Morgan fingerprint density at radius 2 is 2.25 bits per heavy atom. The van der Waals surface area contributed by atoms with E-state index in [1.807, 2.05) is 6.92 Å². The highest BCUT2D eigenvalue weighted by Crippen LogP contribution is 2.28. The maximum absolute atomic E-state index is 11.2. The fraction of sp³-hybridized carbons (Fsp3) is 0.583. The van der Waals surface area contributed by atoms with Crippen LogP contribution in [0.15, 0.2) is 11.6 Å². The molecule has 2 heterocycles. The standard InChI is InChI=1S/C12H19N5O2S/c1-4-15(5-2)8-9(3)13-10-11(17(18)19)16-6-7-20-12(16)14-10/h6-7,9,13H,4-5,8H2,1-3H3. The van der Waals surface area contributed by atoms with Crippen molar-refractivity contribution in [1.29, 1.82) is 0 Å². The lowest BCUT2D eigenvalue weighted by Gasteiger charge is -2.23. The third-order valence-electron chi connectivity index (χ3n) is 3.22. The average Bonchev–Trinajstić information content (AvgIpc) is 2.95. The Balaban J connectivity index is 2.18. The lowest BCUT2D eigenvalue weighted by Crippen LogP contribution is -2.34. The molecule has 0 aliphatic rings. The van der Waals surface area contributed by atoms with Crippen LogP contribution in [0.4, 0.5) is 11.6 Å². The summed E-state index contributed by atoms with van der Waals surface area (Å²) in [4.78, 5) is 18.0. The molecule has 1 atom stereocenters. The van der Waals surface area contributed by atoms with Gasteiger partial charge in [0, 0.05) is 18.0 Å². The molecule has 2 aromatic rings. The molecule has 7 nitrogen and oxygen atoms in total. The lowest BCUT2D eigenvalue weighted by atomic mass is 10.3. The van der Waals surface area contributed by atoms with Crippen molar-refractivity contribution in [3.63, 3.8) is 0 Å². The zero-order chi connectivity index (χ0) is 14.7. The average molecular weight is 297 g/mol. The molecule has 0 fully saturated rings.